The van der Waals surface area contributed by atoms with E-state index in [0.717, 1.165) is 17.1 Å². The quantitative estimate of drug-likeness (QED) is 0.769. The van der Waals surface area contributed by atoms with Gasteiger partial charge in [-0.3, -0.25) is 4.57 Å². The van der Waals surface area contributed by atoms with Crippen molar-refractivity contribution >= 4 is 11.3 Å². The van der Waals surface area contributed by atoms with Crippen LogP contribution in [-0.2, 0) is 20.0 Å². The molecule has 6 heteroatoms. The van der Waals surface area contributed by atoms with Crippen LogP contribution in [0.25, 0.3) is 0 Å². The summed E-state index contributed by atoms with van der Waals surface area (Å²) in [7, 11) is 1.68. The predicted octanol–water partition coefficient (Wildman–Crippen LogP) is 0.649. The molecule has 15 heavy (non-hydrogen) atoms. The van der Waals surface area contributed by atoms with Crippen molar-refractivity contribution in [1.82, 2.24) is 19.3 Å². The molecule has 0 aliphatic heterocycles. The first kappa shape index (κ1) is 10.1. The molecule has 0 atom stereocenters. The van der Waals surface area contributed by atoms with Crippen LogP contribution in [-0.4, -0.2) is 19.3 Å². The van der Waals surface area contributed by atoms with Gasteiger partial charge in [0.2, 0.25) is 0 Å². The lowest BCUT2D eigenvalue weighted by molar-refractivity contribution is 0.636. The Kier molecular flexibility index (Phi) is 2.68. The maximum Gasteiger partial charge on any atom is 0.345 e. The van der Waals surface area contributed by atoms with E-state index in [4.69, 9.17) is 0 Å². The van der Waals surface area contributed by atoms with E-state index in [2.05, 4.69) is 17.0 Å². The van der Waals surface area contributed by atoms with Gasteiger partial charge in [0.25, 0.3) is 0 Å². The second kappa shape index (κ2) is 3.98. The van der Waals surface area contributed by atoms with E-state index >= 15 is 0 Å². The number of rotatable bonds is 3. The molecular weight excluding hydrogens is 212 g/mol. The molecule has 80 valence electrons. The fraction of sp³-hybridized carbons (Fsp3) is 0.444. The Morgan fingerprint density at radius 3 is 2.87 bits per heavy atom. The van der Waals surface area contributed by atoms with Gasteiger partial charge in [0.1, 0.15) is 6.33 Å². The second-order valence-corrected chi connectivity index (χ2v) is 4.21. The largest absolute Gasteiger partial charge is 0.345 e. The number of hydrogen-bond donors (Lipinski definition) is 0. The van der Waals surface area contributed by atoms with Crippen molar-refractivity contribution in [3.05, 3.63) is 32.9 Å². The van der Waals surface area contributed by atoms with Crippen molar-refractivity contribution in [3.8, 4) is 0 Å². The Hall–Kier alpha value is -1.43. The monoisotopic (exact) mass is 224 g/mol. The first-order valence-electron chi connectivity index (χ1n) is 4.72. The van der Waals surface area contributed by atoms with Crippen LogP contribution in [0.3, 0.4) is 0 Å². The molecule has 0 unspecified atom stereocenters. The van der Waals surface area contributed by atoms with E-state index in [1.807, 2.05) is 5.38 Å². The Labute approximate surface area is 91.0 Å². The highest BCUT2D eigenvalue weighted by Crippen LogP contribution is 2.10. The van der Waals surface area contributed by atoms with Gasteiger partial charge in [-0.15, -0.1) is 11.3 Å². The van der Waals surface area contributed by atoms with Gasteiger partial charge in [-0.25, -0.2) is 14.5 Å². The van der Waals surface area contributed by atoms with Crippen molar-refractivity contribution in [2.75, 3.05) is 0 Å². The number of nitrogens with zero attached hydrogens (tertiary/aromatic N) is 4. The molecule has 0 saturated carbocycles. The normalized spacial score (nSPS) is 10.8. The molecule has 2 aromatic heterocycles. The number of aromatic nitrogens is 4. The van der Waals surface area contributed by atoms with Gasteiger partial charge >= 0.3 is 5.69 Å². The lowest BCUT2D eigenvalue weighted by Gasteiger charge is -1.94. The molecular formula is C9H12N4OS. The molecule has 2 heterocycles. The topological polar surface area (TPSA) is 52.7 Å². The third-order valence-corrected chi connectivity index (χ3v) is 3.14. The SMILES string of the molecule is CCc1nc(Cn2ncn(C)c2=O)cs1. The van der Waals surface area contributed by atoms with Gasteiger partial charge in [0, 0.05) is 12.4 Å². The molecule has 0 radical (unpaired) electrons. The molecule has 0 amide bonds. The van der Waals surface area contributed by atoms with Gasteiger partial charge in [0.15, 0.2) is 0 Å². The molecule has 0 aliphatic carbocycles. The molecule has 0 aliphatic rings. The van der Waals surface area contributed by atoms with Gasteiger partial charge in [-0.05, 0) is 6.42 Å². The van der Waals surface area contributed by atoms with Crippen LogP contribution in [0, 0.1) is 0 Å². The Balaban J connectivity index is 2.22. The average molecular weight is 224 g/mol. The Morgan fingerprint density at radius 1 is 1.53 bits per heavy atom. The van der Waals surface area contributed by atoms with E-state index in [0.29, 0.717) is 6.54 Å². The van der Waals surface area contributed by atoms with Gasteiger partial charge in [0.05, 0.1) is 17.2 Å². The maximum atomic E-state index is 11.5. The molecule has 0 N–H and O–H groups in total. The molecule has 0 aromatic carbocycles. The van der Waals surface area contributed by atoms with E-state index in [1.54, 1.807) is 18.4 Å². The molecule has 0 spiro atoms. The Bertz CT molecular complexity index is 510. The van der Waals surface area contributed by atoms with E-state index < -0.39 is 0 Å². The second-order valence-electron chi connectivity index (χ2n) is 3.27. The van der Waals surface area contributed by atoms with Crippen molar-refractivity contribution in [3.63, 3.8) is 0 Å². The summed E-state index contributed by atoms with van der Waals surface area (Å²) in [5.74, 6) is 0. The smallest absolute Gasteiger partial charge is 0.285 e. The summed E-state index contributed by atoms with van der Waals surface area (Å²) in [6.45, 7) is 2.52. The standard InChI is InChI=1S/C9H12N4OS/c1-3-8-11-7(5-15-8)4-13-9(14)12(2)6-10-13/h5-6H,3-4H2,1-2H3. The molecule has 0 saturated heterocycles. The minimum atomic E-state index is -0.110. The van der Waals surface area contributed by atoms with Crippen LogP contribution in [0.15, 0.2) is 16.5 Å². The van der Waals surface area contributed by atoms with Gasteiger partial charge in [-0.1, -0.05) is 6.92 Å². The van der Waals surface area contributed by atoms with E-state index in [1.165, 1.54) is 15.6 Å². The van der Waals surface area contributed by atoms with Crippen molar-refractivity contribution in [2.45, 2.75) is 19.9 Å². The summed E-state index contributed by atoms with van der Waals surface area (Å²) in [6.07, 6.45) is 2.44. The lowest BCUT2D eigenvalue weighted by atomic mass is 10.4. The Morgan fingerprint density at radius 2 is 2.33 bits per heavy atom. The molecule has 0 bridgehead atoms. The van der Waals surface area contributed by atoms with Crippen LogP contribution < -0.4 is 5.69 Å². The predicted molar refractivity (Wildman–Crippen MR) is 58.1 cm³/mol. The van der Waals surface area contributed by atoms with Crippen LogP contribution in [0.4, 0.5) is 0 Å². The molecule has 2 aromatic rings. The maximum absolute atomic E-state index is 11.5. The average Bonchev–Trinajstić information content (AvgIpc) is 2.80. The fourth-order valence-electron chi connectivity index (χ4n) is 1.27. The van der Waals surface area contributed by atoms with Gasteiger partial charge < -0.3 is 0 Å². The first-order valence-corrected chi connectivity index (χ1v) is 5.60. The third kappa shape index (κ3) is 1.99. The van der Waals surface area contributed by atoms with E-state index in [-0.39, 0.29) is 5.69 Å². The zero-order chi connectivity index (χ0) is 10.8. The van der Waals surface area contributed by atoms with Crippen molar-refractivity contribution < 1.29 is 0 Å². The van der Waals surface area contributed by atoms with Crippen LogP contribution in [0.2, 0.25) is 0 Å². The minimum Gasteiger partial charge on any atom is -0.285 e. The van der Waals surface area contributed by atoms with Crippen LogP contribution in [0.1, 0.15) is 17.6 Å². The highest BCUT2D eigenvalue weighted by atomic mass is 32.1. The third-order valence-electron chi connectivity index (χ3n) is 2.10. The van der Waals surface area contributed by atoms with Crippen LogP contribution in [0.5, 0.6) is 0 Å². The van der Waals surface area contributed by atoms with Crippen molar-refractivity contribution in [1.29, 1.82) is 0 Å². The summed E-state index contributed by atoms with van der Waals surface area (Å²) in [5.41, 5.74) is 0.790. The summed E-state index contributed by atoms with van der Waals surface area (Å²) < 4.78 is 2.86. The zero-order valence-corrected chi connectivity index (χ0v) is 9.49. The molecule has 5 nitrogen and oxygen atoms in total. The summed E-state index contributed by atoms with van der Waals surface area (Å²) >= 11 is 1.62. The highest BCUT2D eigenvalue weighted by Gasteiger charge is 2.05. The molecule has 2 rings (SSSR count). The zero-order valence-electron chi connectivity index (χ0n) is 8.67. The summed E-state index contributed by atoms with van der Waals surface area (Å²) in [5, 5.41) is 7.04. The number of thiazole rings is 1. The number of hydrogen-bond acceptors (Lipinski definition) is 4. The van der Waals surface area contributed by atoms with Gasteiger partial charge in [-0.2, -0.15) is 5.10 Å². The minimum absolute atomic E-state index is 0.110. The fourth-order valence-corrected chi connectivity index (χ4v) is 2.00. The number of aryl methyl sites for hydroxylation is 2. The molecule has 0 fully saturated rings. The van der Waals surface area contributed by atoms with Crippen molar-refractivity contribution in [2.24, 2.45) is 7.05 Å². The van der Waals surface area contributed by atoms with E-state index in [9.17, 15) is 4.79 Å². The van der Waals surface area contributed by atoms with Crippen LogP contribution >= 0.6 is 11.3 Å². The summed E-state index contributed by atoms with van der Waals surface area (Å²) in [4.78, 5) is 15.9. The summed E-state index contributed by atoms with van der Waals surface area (Å²) in [6, 6.07) is 0. The lowest BCUT2D eigenvalue weighted by Crippen LogP contribution is -2.23. The first-order chi connectivity index (χ1) is 7.20. The highest BCUT2D eigenvalue weighted by molar-refractivity contribution is 7.09.